The Kier molecular flexibility index (Phi) is 6.31. The monoisotopic (exact) mass is 315 g/mol. The molecule has 1 unspecified atom stereocenters. The summed E-state index contributed by atoms with van der Waals surface area (Å²) in [4.78, 5) is 38.3. The van der Waals surface area contributed by atoms with E-state index in [2.05, 4.69) is 4.84 Å². The van der Waals surface area contributed by atoms with Crippen molar-refractivity contribution in [2.75, 3.05) is 33.2 Å². The molecule has 22 heavy (non-hydrogen) atoms. The number of hydrogen-bond donors (Lipinski definition) is 0. The van der Waals surface area contributed by atoms with Crippen LogP contribution >= 0.6 is 0 Å². The number of hydrogen-bond acceptors (Lipinski definition) is 8. The van der Waals surface area contributed by atoms with Crippen LogP contribution in [-0.4, -0.2) is 62.4 Å². The summed E-state index contributed by atoms with van der Waals surface area (Å²) in [6.45, 7) is 1.02. The van der Waals surface area contributed by atoms with Crippen molar-refractivity contribution in [3.63, 3.8) is 0 Å². The Bertz CT molecular complexity index is 433. The van der Waals surface area contributed by atoms with Crippen molar-refractivity contribution in [2.45, 2.75) is 18.9 Å². The lowest BCUT2D eigenvalue weighted by molar-refractivity contribution is -0.177. The molecule has 1 atom stereocenters. The number of nitrogens with zero attached hydrogens (tertiary/aromatic N) is 1. The molecule has 0 aromatic carbocycles. The van der Waals surface area contributed by atoms with Gasteiger partial charge in [0.2, 0.25) is 0 Å². The summed E-state index contributed by atoms with van der Waals surface area (Å²) in [5, 5.41) is 0.425. The molecule has 2 amide bonds. The van der Waals surface area contributed by atoms with Gasteiger partial charge in [-0.25, -0.2) is 4.79 Å². The van der Waals surface area contributed by atoms with Crippen LogP contribution in [0.2, 0.25) is 0 Å². The van der Waals surface area contributed by atoms with E-state index in [1.807, 2.05) is 6.08 Å². The summed E-state index contributed by atoms with van der Waals surface area (Å²) in [5.41, 5.74) is 0. The van der Waals surface area contributed by atoms with E-state index in [1.165, 1.54) is 0 Å². The zero-order valence-electron chi connectivity index (χ0n) is 11.9. The third-order valence-corrected chi connectivity index (χ3v) is 2.82. The first-order valence-corrected chi connectivity index (χ1v) is 6.81. The quantitative estimate of drug-likeness (QED) is 0.306. The predicted octanol–water partition coefficient (Wildman–Crippen LogP) is 0.149. The van der Waals surface area contributed by atoms with E-state index in [0.717, 1.165) is 0 Å². The number of carbonyl (C=O) groups is 3. The number of ether oxygens (including phenoxy) is 4. The lowest BCUT2D eigenvalue weighted by Gasteiger charge is -2.17. The topological polar surface area (TPSA) is 101 Å². The first-order chi connectivity index (χ1) is 10.7. The van der Waals surface area contributed by atoms with Gasteiger partial charge in [0.15, 0.2) is 0 Å². The summed E-state index contributed by atoms with van der Waals surface area (Å²) in [7, 11) is 0. The zero-order chi connectivity index (χ0) is 15.8. The largest absolute Gasteiger partial charge is 0.534 e. The van der Waals surface area contributed by atoms with Gasteiger partial charge >= 0.3 is 6.16 Å². The molecule has 2 heterocycles. The van der Waals surface area contributed by atoms with Crippen molar-refractivity contribution in [2.24, 2.45) is 0 Å². The molecule has 0 saturated carbocycles. The van der Waals surface area contributed by atoms with Crippen LogP contribution in [0.1, 0.15) is 12.8 Å². The molecule has 9 nitrogen and oxygen atoms in total. The number of hydroxylamine groups is 2. The average Bonchev–Trinajstić information content (AvgIpc) is 2.77. The minimum Gasteiger partial charge on any atom is -0.430 e. The van der Waals surface area contributed by atoms with Crippen LogP contribution in [0.15, 0.2) is 12.2 Å². The molecule has 0 aliphatic carbocycles. The Morgan fingerprint density at radius 3 is 2.77 bits per heavy atom. The van der Waals surface area contributed by atoms with E-state index in [0.29, 0.717) is 18.3 Å². The highest BCUT2D eigenvalue weighted by Gasteiger charge is 2.33. The second-order valence-corrected chi connectivity index (χ2v) is 4.47. The second kappa shape index (κ2) is 8.47. The normalized spacial score (nSPS) is 22.4. The average molecular weight is 315 g/mol. The van der Waals surface area contributed by atoms with Crippen molar-refractivity contribution in [3.8, 4) is 0 Å². The van der Waals surface area contributed by atoms with Gasteiger partial charge in [-0.1, -0.05) is 17.2 Å². The first kappa shape index (κ1) is 16.4. The Balaban J connectivity index is 1.61. The Morgan fingerprint density at radius 1 is 1.23 bits per heavy atom. The highest BCUT2D eigenvalue weighted by Crippen LogP contribution is 2.12. The van der Waals surface area contributed by atoms with Crippen LogP contribution in [0.25, 0.3) is 0 Å². The summed E-state index contributed by atoms with van der Waals surface area (Å²) in [6, 6.07) is 0. The number of imide groups is 1. The van der Waals surface area contributed by atoms with Crippen molar-refractivity contribution in [1.29, 1.82) is 0 Å². The smallest absolute Gasteiger partial charge is 0.430 e. The van der Waals surface area contributed by atoms with E-state index >= 15 is 0 Å². The molecule has 0 bridgehead atoms. The molecule has 0 N–H and O–H groups in total. The number of carbonyl (C=O) groups excluding carboxylic acids is 3. The maximum Gasteiger partial charge on any atom is 0.534 e. The molecule has 0 radical (unpaired) electrons. The van der Waals surface area contributed by atoms with E-state index in [-0.39, 0.29) is 39.0 Å². The molecule has 0 aromatic rings. The van der Waals surface area contributed by atoms with Gasteiger partial charge in [-0.2, -0.15) is 0 Å². The molecule has 0 spiro atoms. The Hall–Kier alpha value is -1.97. The molecule has 2 aliphatic rings. The number of rotatable bonds is 5. The van der Waals surface area contributed by atoms with Gasteiger partial charge < -0.3 is 18.9 Å². The predicted molar refractivity (Wildman–Crippen MR) is 69.2 cm³/mol. The maximum atomic E-state index is 11.3. The van der Waals surface area contributed by atoms with E-state index < -0.39 is 18.0 Å². The molecule has 9 heteroatoms. The molecular formula is C13H17NO8. The van der Waals surface area contributed by atoms with Crippen LogP contribution in [0, 0.1) is 0 Å². The fraction of sp³-hybridized carbons (Fsp3) is 0.615. The third-order valence-electron chi connectivity index (χ3n) is 2.82. The SMILES string of the molecule is O=C(OCCOC1C=CCOCOC1)ON1C(=O)CCC1=O. The summed E-state index contributed by atoms with van der Waals surface area (Å²) >= 11 is 0. The molecule has 122 valence electrons. The van der Waals surface area contributed by atoms with Gasteiger partial charge in [-0.3, -0.25) is 14.4 Å². The van der Waals surface area contributed by atoms with Gasteiger partial charge in [-0.15, -0.1) is 0 Å². The second-order valence-electron chi connectivity index (χ2n) is 4.47. The van der Waals surface area contributed by atoms with Crippen molar-refractivity contribution in [3.05, 3.63) is 12.2 Å². The highest BCUT2D eigenvalue weighted by atomic mass is 16.8. The fourth-order valence-electron chi connectivity index (χ4n) is 1.79. The van der Waals surface area contributed by atoms with Crippen LogP contribution in [0.5, 0.6) is 0 Å². The molecule has 1 saturated heterocycles. The molecular weight excluding hydrogens is 298 g/mol. The van der Waals surface area contributed by atoms with Crippen LogP contribution in [0.4, 0.5) is 4.79 Å². The zero-order valence-corrected chi connectivity index (χ0v) is 11.9. The van der Waals surface area contributed by atoms with Crippen LogP contribution in [-0.2, 0) is 33.4 Å². The van der Waals surface area contributed by atoms with Gasteiger partial charge in [-0.05, 0) is 0 Å². The molecule has 0 aromatic heterocycles. The minimum absolute atomic E-state index is 0.0347. The fourth-order valence-corrected chi connectivity index (χ4v) is 1.79. The van der Waals surface area contributed by atoms with E-state index in [4.69, 9.17) is 18.9 Å². The van der Waals surface area contributed by atoms with Crippen molar-refractivity contribution in [1.82, 2.24) is 5.06 Å². The Labute approximate surface area is 126 Å². The van der Waals surface area contributed by atoms with Crippen molar-refractivity contribution < 1.29 is 38.2 Å². The van der Waals surface area contributed by atoms with Crippen molar-refractivity contribution >= 4 is 18.0 Å². The molecule has 2 rings (SSSR count). The summed E-state index contributed by atoms with van der Waals surface area (Å²) in [5.74, 6) is -1.12. The number of amides is 2. The van der Waals surface area contributed by atoms with E-state index in [9.17, 15) is 14.4 Å². The lowest BCUT2D eigenvalue weighted by atomic mass is 10.3. The maximum absolute atomic E-state index is 11.3. The minimum atomic E-state index is -1.12. The highest BCUT2D eigenvalue weighted by molar-refractivity contribution is 6.01. The van der Waals surface area contributed by atoms with Crippen LogP contribution < -0.4 is 0 Å². The van der Waals surface area contributed by atoms with Gasteiger partial charge in [0.25, 0.3) is 11.8 Å². The summed E-state index contributed by atoms with van der Waals surface area (Å²) < 4.78 is 20.4. The summed E-state index contributed by atoms with van der Waals surface area (Å²) in [6.07, 6.45) is 2.29. The van der Waals surface area contributed by atoms with Crippen LogP contribution in [0.3, 0.4) is 0 Å². The molecule has 2 aliphatic heterocycles. The van der Waals surface area contributed by atoms with Gasteiger partial charge in [0.1, 0.15) is 13.4 Å². The van der Waals surface area contributed by atoms with Gasteiger partial charge in [0, 0.05) is 12.8 Å². The lowest BCUT2D eigenvalue weighted by Crippen LogP contribution is -2.32. The van der Waals surface area contributed by atoms with Gasteiger partial charge in [0.05, 0.1) is 25.9 Å². The van der Waals surface area contributed by atoms with E-state index in [1.54, 1.807) is 6.08 Å². The first-order valence-electron chi connectivity index (χ1n) is 6.81. The standard InChI is InChI=1S/C13H17NO8/c15-11-3-4-12(16)14(11)22-13(17)21-7-6-20-10-2-1-5-18-9-19-8-10/h1-2,10H,3-9H2. The molecule has 1 fully saturated rings. The Morgan fingerprint density at radius 2 is 2.00 bits per heavy atom. The third kappa shape index (κ3) is 5.10.